The molecule has 0 saturated carbocycles. The van der Waals surface area contributed by atoms with Crippen LogP contribution in [-0.4, -0.2) is 42.2 Å². The van der Waals surface area contributed by atoms with E-state index in [2.05, 4.69) is 36.0 Å². The molecule has 0 aliphatic carbocycles. The second-order valence-electron chi connectivity index (χ2n) is 9.84. The number of pyridine rings is 1. The summed E-state index contributed by atoms with van der Waals surface area (Å²) in [6.45, 7) is 9.06. The van der Waals surface area contributed by atoms with Gasteiger partial charge in [-0.1, -0.05) is 63.2 Å². The minimum Gasteiger partial charge on any atom is -0.441 e. The second kappa shape index (κ2) is 9.95. The standard InChI is InChI=1S/C29H30N4O3/c1-29(2,3)26-19-30-28(36-26)22-11-7-8-12-23(22)32-27(34)25-18-21(33-13-15-35-16-14-33)17-24(31-25)20-9-5-4-6-10-20/h4-12,17-19H,13-16H2,1-3H3,(H,32,34). The van der Waals surface area contributed by atoms with Crippen LogP contribution < -0.4 is 10.2 Å². The molecule has 1 saturated heterocycles. The minimum atomic E-state index is -0.294. The molecule has 2 aromatic carbocycles. The van der Waals surface area contributed by atoms with Crippen LogP contribution in [0.15, 0.2) is 77.3 Å². The van der Waals surface area contributed by atoms with E-state index in [9.17, 15) is 4.79 Å². The summed E-state index contributed by atoms with van der Waals surface area (Å²) in [5.41, 5.74) is 4.17. The Morgan fingerprint density at radius 1 is 0.972 bits per heavy atom. The SMILES string of the molecule is CC(C)(C)c1cnc(-c2ccccc2NC(=O)c2cc(N3CCOCC3)cc(-c3ccccc3)n2)o1. The number of hydrogen-bond donors (Lipinski definition) is 1. The molecule has 0 unspecified atom stereocenters. The van der Waals surface area contributed by atoms with Crippen molar-refractivity contribution in [3.63, 3.8) is 0 Å². The molecule has 0 bridgehead atoms. The maximum absolute atomic E-state index is 13.5. The van der Waals surface area contributed by atoms with Crippen molar-refractivity contribution < 1.29 is 13.9 Å². The molecule has 0 spiro atoms. The Bertz CT molecular complexity index is 1350. The minimum absolute atomic E-state index is 0.166. The fraction of sp³-hybridized carbons (Fsp3) is 0.276. The number of ether oxygens (including phenoxy) is 1. The zero-order valence-corrected chi connectivity index (χ0v) is 20.8. The van der Waals surface area contributed by atoms with Crippen LogP contribution in [0.25, 0.3) is 22.7 Å². The summed E-state index contributed by atoms with van der Waals surface area (Å²) in [7, 11) is 0. The Hall–Kier alpha value is -3.97. The first-order valence-corrected chi connectivity index (χ1v) is 12.2. The third-order valence-electron chi connectivity index (χ3n) is 6.14. The molecule has 0 atom stereocenters. The molecule has 36 heavy (non-hydrogen) atoms. The second-order valence-corrected chi connectivity index (χ2v) is 9.84. The average Bonchev–Trinajstić information content (AvgIpc) is 3.41. The predicted molar refractivity (Wildman–Crippen MR) is 141 cm³/mol. The fourth-order valence-corrected chi connectivity index (χ4v) is 4.10. The number of para-hydroxylation sites is 1. The quantitative estimate of drug-likeness (QED) is 0.388. The van der Waals surface area contributed by atoms with Gasteiger partial charge in [-0.2, -0.15) is 0 Å². The average molecular weight is 483 g/mol. The largest absolute Gasteiger partial charge is 0.441 e. The highest BCUT2D eigenvalue weighted by Gasteiger charge is 2.22. The fourth-order valence-electron chi connectivity index (χ4n) is 4.10. The van der Waals surface area contributed by atoms with E-state index in [1.54, 1.807) is 6.20 Å². The van der Waals surface area contributed by atoms with E-state index in [4.69, 9.17) is 14.1 Å². The Labute approximate surface area is 211 Å². The highest BCUT2D eigenvalue weighted by atomic mass is 16.5. The molecule has 1 N–H and O–H groups in total. The number of hydrogen-bond acceptors (Lipinski definition) is 6. The Balaban J connectivity index is 1.48. The van der Waals surface area contributed by atoms with E-state index in [1.165, 1.54) is 0 Å². The molecule has 7 nitrogen and oxygen atoms in total. The van der Waals surface area contributed by atoms with E-state index in [0.29, 0.717) is 36.0 Å². The zero-order chi connectivity index (χ0) is 25.1. The summed E-state index contributed by atoms with van der Waals surface area (Å²) in [6, 6.07) is 21.3. The molecule has 1 fully saturated rings. The van der Waals surface area contributed by atoms with Gasteiger partial charge in [0.05, 0.1) is 36.4 Å². The maximum Gasteiger partial charge on any atom is 0.274 e. The van der Waals surface area contributed by atoms with Crippen LogP contribution in [0.1, 0.15) is 37.0 Å². The van der Waals surface area contributed by atoms with Crippen molar-refractivity contribution in [1.29, 1.82) is 0 Å². The number of aromatic nitrogens is 2. The van der Waals surface area contributed by atoms with Crippen LogP contribution in [0.2, 0.25) is 0 Å². The molecule has 7 heteroatoms. The number of nitrogens with one attached hydrogen (secondary N) is 1. The summed E-state index contributed by atoms with van der Waals surface area (Å²) in [5.74, 6) is 0.958. The van der Waals surface area contributed by atoms with Crippen molar-refractivity contribution in [2.24, 2.45) is 0 Å². The summed E-state index contributed by atoms with van der Waals surface area (Å²) < 4.78 is 11.6. The molecule has 184 valence electrons. The number of morpholine rings is 1. The van der Waals surface area contributed by atoms with Crippen molar-refractivity contribution >= 4 is 17.3 Å². The number of rotatable bonds is 5. The van der Waals surface area contributed by atoms with Crippen molar-refractivity contribution in [3.8, 4) is 22.7 Å². The van der Waals surface area contributed by atoms with Crippen LogP contribution >= 0.6 is 0 Å². The highest BCUT2D eigenvalue weighted by Crippen LogP contribution is 2.32. The number of carbonyl (C=O) groups excluding carboxylic acids is 1. The van der Waals surface area contributed by atoms with Gasteiger partial charge in [0.15, 0.2) is 0 Å². The van der Waals surface area contributed by atoms with Gasteiger partial charge < -0.3 is 19.4 Å². The van der Waals surface area contributed by atoms with Gasteiger partial charge in [-0.25, -0.2) is 9.97 Å². The van der Waals surface area contributed by atoms with Crippen LogP contribution in [0.5, 0.6) is 0 Å². The molecular weight excluding hydrogens is 452 g/mol. The van der Waals surface area contributed by atoms with Gasteiger partial charge >= 0.3 is 0 Å². The van der Waals surface area contributed by atoms with Crippen molar-refractivity contribution in [2.75, 3.05) is 36.5 Å². The van der Waals surface area contributed by atoms with Crippen LogP contribution in [-0.2, 0) is 10.2 Å². The van der Waals surface area contributed by atoms with Crippen LogP contribution in [0, 0.1) is 0 Å². The van der Waals surface area contributed by atoms with Crippen molar-refractivity contribution in [1.82, 2.24) is 9.97 Å². The van der Waals surface area contributed by atoms with Crippen LogP contribution in [0.3, 0.4) is 0 Å². The maximum atomic E-state index is 13.5. The molecular formula is C29H30N4O3. The van der Waals surface area contributed by atoms with E-state index >= 15 is 0 Å². The molecule has 1 aliphatic rings. The molecule has 3 heterocycles. The monoisotopic (exact) mass is 482 g/mol. The van der Waals surface area contributed by atoms with Gasteiger partial charge in [-0.15, -0.1) is 0 Å². The molecule has 1 aliphatic heterocycles. The zero-order valence-electron chi connectivity index (χ0n) is 20.8. The number of carbonyl (C=O) groups is 1. The van der Waals surface area contributed by atoms with Gasteiger partial charge in [0, 0.05) is 29.8 Å². The van der Waals surface area contributed by atoms with E-state index in [0.717, 1.165) is 35.8 Å². The number of anilines is 2. The summed E-state index contributed by atoms with van der Waals surface area (Å²) in [4.78, 5) is 24.9. The first-order valence-electron chi connectivity index (χ1n) is 12.2. The lowest BCUT2D eigenvalue weighted by atomic mass is 9.94. The van der Waals surface area contributed by atoms with Gasteiger partial charge in [-0.05, 0) is 24.3 Å². The highest BCUT2D eigenvalue weighted by molar-refractivity contribution is 6.05. The first kappa shape index (κ1) is 23.8. The van der Waals surface area contributed by atoms with Gasteiger partial charge in [0.1, 0.15) is 11.5 Å². The number of amides is 1. The summed E-state index contributed by atoms with van der Waals surface area (Å²) in [5, 5.41) is 3.04. The van der Waals surface area contributed by atoms with Crippen LogP contribution in [0.4, 0.5) is 11.4 Å². The molecule has 1 amide bonds. The lowest BCUT2D eigenvalue weighted by Gasteiger charge is -2.29. The van der Waals surface area contributed by atoms with Crippen molar-refractivity contribution in [3.05, 3.63) is 84.4 Å². The van der Waals surface area contributed by atoms with Gasteiger partial charge in [0.25, 0.3) is 5.91 Å². The Kier molecular flexibility index (Phi) is 6.57. The Morgan fingerprint density at radius 3 is 2.42 bits per heavy atom. The van der Waals surface area contributed by atoms with E-state index in [1.807, 2.05) is 66.7 Å². The van der Waals surface area contributed by atoms with E-state index in [-0.39, 0.29) is 11.3 Å². The summed E-state index contributed by atoms with van der Waals surface area (Å²) in [6.07, 6.45) is 1.74. The smallest absolute Gasteiger partial charge is 0.274 e. The molecule has 4 aromatic rings. The molecule has 5 rings (SSSR count). The summed E-state index contributed by atoms with van der Waals surface area (Å²) >= 11 is 0. The lowest BCUT2D eigenvalue weighted by Crippen LogP contribution is -2.36. The number of nitrogens with zero attached hydrogens (tertiary/aromatic N) is 3. The molecule has 2 aromatic heterocycles. The lowest BCUT2D eigenvalue weighted by molar-refractivity contribution is 0.102. The van der Waals surface area contributed by atoms with E-state index < -0.39 is 0 Å². The topological polar surface area (TPSA) is 80.5 Å². The normalized spacial score (nSPS) is 14.0. The third-order valence-corrected chi connectivity index (χ3v) is 6.14. The number of oxazole rings is 1. The van der Waals surface area contributed by atoms with Gasteiger partial charge in [0.2, 0.25) is 5.89 Å². The predicted octanol–water partition coefficient (Wildman–Crippen LogP) is 5.79. The van der Waals surface area contributed by atoms with Crippen molar-refractivity contribution in [2.45, 2.75) is 26.2 Å². The first-order chi connectivity index (χ1) is 17.4. The molecule has 0 radical (unpaired) electrons. The Morgan fingerprint density at radius 2 is 1.69 bits per heavy atom. The third kappa shape index (κ3) is 5.16. The van der Waals surface area contributed by atoms with Gasteiger partial charge in [-0.3, -0.25) is 4.79 Å². The number of benzene rings is 2.